The van der Waals surface area contributed by atoms with Crippen molar-refractivity contribution in [3.05, 3.63) is 58.6 Å². The number of nitrogens with zero attached hydrogens (tertiary/aromatic N) is 1. The molecule has 6 heteroatoms. The highest BCUT2D eigenvalue weighted by molar-refractivity contribution is 6.30. The Labute approximate surface area is 147 Å². The molecule has 5 nitrogen and oxygen atoms in total. The number of H-pyrrole nitrogens is 1. The highest BCUT2D eigenvalue weighted by Crippen LogP contribution is 2.15. The van der Waals surface area contributed by atoms with E-state index >= 15 is 0 Å². The van der Waals surface area contributed by atoms with Crippen LogP contribution in [-0.2, 0) is 17.8 Å². The van der Waals surface area contributed by atoms with Crippen LogP contribution in [0.2, 0.25) is 5.15 Å². The molecule has 128 valence electrons. The minimum Gasteiger partial charge on any atom is -0.445 e. The van der Waals surface area contributed by atoms with Gasteiger partial charge in [0, 0.05) is 13.0 Å². The third-order valence-corrected chi connectivity index (χ3v) is 3.64. The Balaban J connectivity index is 1.72. The first-order valence-electron chi connectivity index (χ1n) is 8.04. The van der Waals surface area contributed by atoms with E-state index in [2.05, 4.69) is 22.2 Å². The van der Waals surface area contributed by atoms with Gasteiger partial charge >= 0.3 is 6.09 Å². The van der Waals surface area contributed by atoms with Gasteiger partial charge in [-0.05, 0) is 18.1 Å². The number of aryl methyl sites for hydroxylation is 1. The van der Waals surface area contributed by atoms with Gasteiger partial charge in [0.1, 0.15) is 23.3 Å². The fraction of sp³-hybridized carbons (Fsp3) is 0.333. The van der Waals surface area contributed by atoms with E-state index in [1.165, 1.54) is 0 Å². The lowest BCUT2D eigenvalue weighted by Gasteiger charge is -2.05. The number of hydrogen-bond donors (Lipinski definition) is 2. The van der Waals surface area contributed by atoms with Crippen molar-refractivity contribution in [3.8, 4) is 0 Å². The average molecular weight is 348 g/mol. The summed E-state index contributed by atoms with van der Waals surface area (Å²) in [5.41, 5.74) is 1.63. The van der Waals surface area contributed by atoms with Crippen LogP contribution in [0.15, 0.2) is 36.4 Å². The second kappa shape index (κ2) is 9.78. The molecule has 0 aliphatic rings. The van der Waals surface area contributed by atoms with Crippen molar-refractivity contribution in [2.75, 3.05) is 6.54 Å². The van der Waals surface area contributed by atoms with Gasteiger partial charge in [0.25, 0.3) is 0 Å². The normalized spacial score (nSPS) is 10.9. The quantitative estimate of drug-likeness (QED) is 0.746. The predicted octanol–water partition coefficient (Wildman–Crippen LogP) is 4.35. The highest BCUT2D eigenvalue weighted by Gasteiger charge is 2.05. The van der Waals surface area contributed by atoms with Crippen LogP contribution in [0, 0.1) is 0 Å². The van der Waals surface area contributed by atoms with Crippen molar-refractivity contribution in [1.82, 2.24) is 15.3 Å². The van der Waals surface area contributed by atoms with E-state index in [1.54, 1.807) is 12.2 Å². The van der Waals surface area contributed by atoms with Crippen molar-refractivity contribution >= 4 is 23.8 Å². The molecule has 0 aliphatic heterocycles. The zero-order valence-corrected chi connectivity index (χ0v) is 14.5. The number of amides is 1. The minimum absolute atomic E-state index is 0.252. The number of unbranched alkanes of at least 4 members (excludes halogenated alkanes) is 1. The van der Waals surface area contributed by atoms with E-state index in [0.717, 1.165) is 30.7 Å². The molecule has 1 heterocycles. The number of carbonyl (C=O) groups excluding carboxylic acids is 1. The summed E-state index contributed by atoms with van der Waals surface area (Å²) in [6.07, 6.45) is 6.18. The summed E-state index contributed by atoms with van der Waals surface area (Å²) in [7, 11) is 0. The monoisotopic (exact) mass is 347 g/mol. The molecule has 24 heavy (non-hydrogen) atoms. The lowest BCUT2D eigenvalue weighted by Crippen LogP contribution is -2.24. The number of halogens is 1. The summed E-state index contributed by atoms with van der Waals surface area (Å²) < 4.78 is 5.12. The first-order chi connectivity index (χ1) is 11.7. The number of nitrogens with one attached hydrogen (secondary N) is 2. The molecule has 0 spiro atoms. The van der Waals surface area contributed by atoms with E-state index in [0.29, 0.717) is 17.4 Å². The molecule has 0 aliphatic carbocycles. The van der Waals surface area contributed by atoms with Crippen molar-refractivity contribution in [1.29, 1.82) is 0 Å². The molecular formula is C18H22ClN3O2. The maximum atomic E-state index is 11.6. The lowest BCUT2D eigenvalue weighted by atomic mass is 10.2. The Hall–Kier alpha value is -2.27. The van der Waals surface area contributed by atoms with Gasteiger partial charge in [-0.2, -0.15) is 0 Å². The number of aromatic amines is 1. The number of hydrogen-bond acceptors (Lipinski definition) is 3. The molecule has 1 amide bonds. The number of ether oxygens (including phenoxy) is 1. The summed E-state index contributed by atoms with van der Waals surface area (Å²) in [6, 6.07) is 9.54. The van der Waals surface area contributed by atoms with Gasteiger partial charge in [-0.15, -0.1) is 0 Å². The molecular weight excluding hydrogens is 326 g/mol. The molecule has 1 aromatic carbocycles. The van der Waals surface area contributed by atoms with Crippen molar-refractivity contribution < 1.29 is 9.53 Å². The number of carbonyl (C=O) groups is 1. The van der Waals surface area contributed by atoms with Gasteiger partial charge in [-0.25, -0.2) is 9.78 Å². The van der Waals surface area contributed by atoms with Gasteiger partial charge in [-0.1, -0.05) is 61.4 Å². The third-order valence-electron chi connectivity index (χ3n) is 3.35. The van der Waals surface area contributed by atoms with E-state index in [4.69, 9.17) is 16.3 Å². The Morgan fingerprint density at radius 2 is 2.17 bits per heavy atom. The SMILES string of the molecule is CCCCc1nc(C=CCNC(=O)OCc2ccccc2)c(Cl)[nH]1. The number of imidazole rings is 1. The Kier molecular flexibility index (Phi) is 7.36. The van der Waals surface area contributed by atoms with E-state index in [9.17, 15) is 4.79 Å². The van der Waals surface area contributed by atoms with Crippen LogP contribution in [0.4, 0.5) is 4.79 Å². The van der Waals surface area contributed by atoms with Gasteiger partial charge in [-0.3, -0.25) is 0 Å². The maximum Gasteiger partial charge on any atom is 0.407 e. The summed E-state index contributed by atoms with van der Waals surface area (Å²) in [5, 5.41) is 3.17. The predicted molar refractivity (Wildman–Crippen MR) is 95.9 cm³/mol. The third kappa shape index (κ3) is 6.08. The zero-order chi connectivity index (χ0) is 17.2. The van der Waals surface area contributed by atoms with E-state index in [-0.39, 0.29) is 6.61 Å². The minimum atomic E-state index is -0.458. The summed E-state index contributed by atoms with van der Waals surface area (Å²) in [6.45, 7) is 2.73. The largest absolute Gasteiger partial charge is 0.445 e. The topological polar surface area (TPSA) is 67.0 Å². The van der Waals surface area contributed by atoms with Crippen LogP contribution in [-0.4, -0.2) is 22.6 Å². The van der Waals surface area contributed by atoms with Crippen LogP contribution >= 0.6 is 11.6 Å². The Morgan fingerprint density at radius 1 is 1.38 bits per heavy atom. The smallest absolute Gasteiger partial charge is 0.407 e. The summed E-state index contributed by atoms with van der Waals surface area (Å²) >= 11 is 6.10. The van der Waals surface area contributed by atoms with Gasteiger partial charge in [0.05, 0.1) is 0 Å². The summed E-state index contributed by atoms with van der Waals surface area (Å²) in [4.78, 5) is 19.1. The molecule has 0 bridgehead atoms. The van der Waals surface area contributed by atoms with Gasteiger partial charge < -0.3 is 15.0 Å². The molecule has 0 unspecified atom stereocenters. The molecule has 0 atom stereocenters. The van der Waals surface area contributed by atoms with Crippen LogP contribution in [0.1, 0.15) is 36.8 Å². The van der Waals surface area contributed by atoms with Crippen molar-refractivity contribution in [2.45, 2.75) is 32.8 Å². The fourth-order valence-corrected chi connectivity index (χ4v) is 2.29. The van der Waals surface area contributed by atoms with Crippen molar-refractivity contribution in [2.24, 2.45) is 0 Å². The number of rotatable bonds is 8. The van der Waals surface area contributed by atoms with E-state index in [1.807, 2.05) is 30.3 Å². The molecule has 2 N–H and O–H groups in total. The second-order valence-corrected chi connectivity index (χ2v) is 5.71. The molecule has 1 aromatic heterocycles. The zero-order valence-electron chi connectivity index (χ0n) is 13.7. The van der Waals surface area contributed by atoms with Crippen molar-refractivity contribution in [3.63, 3.8) is 0 Å². The van der Waals surface area contributed by atoms with E-state index < -0.39 is 6.09 Å². The molecule has 2 rings (SSSR count). The maximum absolute atomic E-state index is 11.6. The lowest BCUT2D eigenvalue weighted by molar-refractivity contribution is 0.141. The molecule has 0 fully saturated rings. The molecule has 2 aromatic rings. The van der Waals surface area contributed by atoms with Gasteiger partial charge in [0.2, 0.25) is 0 Å². The Bertz CT molecular complexity index is 668. The first kappa shape index (κ1) is 18.1. The van der Waals surface area contributed by atoms with Crippen LogP contribution < -0.4 is 5.32 Å². The summed E-state index contributed by atoms with van der Waals surface area (Å²) in [5.74, 6) is 0.886. The van der Waals surface area contributed by atoms with Crippen LogP contribution in [0.25, 0.3) is 6.08 Å². The molecule has 0 saturated carbocycles. The molecule has 0 radical (unpaired) electrons. The Morgan fingerprint density at radius 3 is 2.92 bits per heavy atom. The number of alkyl carbamates (subject to hydrolysis) is 1. The molecule has 0 saturated heterocycles. The van der Waals surface area contributed by atoms with Crippen LogP contribution in [0.3, 0.4) is 0 Å². The highest BCUT2D eigenvalue weighted by atomic mass is 35.5. The number of benzene rings is 1. The standard InChI is InChI=1S/C18H22ClN3O2/c1-2-3-11-16-21-15(17(19)22-16)10-7-12-20-18(23)24-13-14-8-5-4-6-9-14/h4-10H,2-3,11-13H2,1H3,(H,20,23)(H,21,22). The van der Waals surface area contributed by atoms with Crippen LogP contribution in [0.5, 0.6) is 0 Å². The van der Waals surface area contributed by atoms with Gasteiger partial charge in [0.15, 0.2) is 0 Å². The number of aromatic nitrogens is 2. The first-order valence-corrected chi connectivity index (χ1v) is 8.42. The second-order valence-electron chi connectivity index (χ2n) is 5.33. The average Bonchev–Trinajstić information content (AvgIpc) is 2.96. The fourth-order valence-electron chi connectivity index (χ4n) is 2.07.